The van der Waals surface area contributed by atoms with Crippen LogP contribution < -0.4 is 5.32 Å². The van der Waals surface area contributed by atoms with Crippen molar-refractivity contribution in [1.82, 2.24) is 10.2 Å². The molecular weight excluding hydrogens is 156 g/mol. The third-order valence-corrected chi connectivity index (χ3v) is 2.64. The van der Waals surface area contributed by atoms with Gasteiger partial charge in [0.05, 0.1) is 25.2 Å². The summed E-state index contributed by atoms with van der Waals surface area (Å²) < 4.78 is 5.40. The Balaban J connectivity index is 2.22. The molecule has 68 valence electrons. The van der Waals surface area contributed by atoms with E-state index in [4.69, 9.17) is 4.74 Å². The fraction of sp³-hybridized carbons (Fsp3) is 0.875. The largest absolute Gasteiger partial charge is 0.378 e. The zero-order valence-corrected chi connectivity index (χ0v) is 7.25. The number of amides is 1. The van der Waals surface area contributed by atoms with Gasteiger partial charge in [0, 0.05) is 20.1 Å². The molecule has 2 aliphatic heterocycles. The van der Waals surface area contributed by atoms with Crippen LogP contribution in [0.3, 0.4) is 0 Å². The number of hydrogen-bond acceptors (Lipinski definition) is 3. The lowest BCUT2D eigenvalue weighted by atomic mass is 10.1. The van der Waals surface area contributed by atoms with Gasteiger partial charge in [0.1, 0.15) is 0 Å². The van der Waals surface area contributed by atoms with Crippen molar-refractivity contribution in [3.8, 4) is 0 Å². The summed E-state index contributed by atoms with van der Waals surface area (Å²) in [5, 5.41) is 3.27. The second-order valence-electron chi connectivity index (χ2n) is 3.50. The third-order valence-electron chi connectivity index (χ3n) is 2.64. The van der Waals surface area contributed by atoms with E-state index in [0.29, 0.717) is 13.2 Å². The van der Waals surface area contributed by atoms with Gasteiger partial charge in [0.25, 0.3) is 0 Å². The smallest absolute Gasteiger partial charge is 0.229 e. The maximum atomic E-state index is 11.6. The summed E-state index contributed by atoms with van der Waals surface area (Å²) in [7, 11) is 1.86. The van der Waals surface area contributed by atoms with Crippen LogP contribution in [0.2, 0.25) is 0 Å². The van der Waals surface area contributed by atoms with E-state index in [2.05, 4.69) is 5.32 Å². The SMILES string of the molecule is CN1C(=O)[C@H]2CNC[C@H]1COC2. The molecule has 2 atom stereocenters. The predicted octanol–water partition coefficient (Wildman–Crippen LogP) is -0.937. The molecule has 1 amide bonds. The Bertz CT molecular complexity index is 181. The first-order chi connectivity index (χ1) is 5.79. The second kappa shape index (κ2) is 3.03. The van der Waals surface area contributed by atoms with Crippen molar-refractivity contribution in [2.24, 2.45) is 5.92 Å². The quantitative estimate of drug-likeness (QED) is 0.510. The molecule has 0 radical (unpaired) electrons. The summed E-state index contributed by atoms with van der Waals surface area (Å²) in [5.41, 5.74) is 0. The molecular formula is C8H14N2O2. The second-order valence-corrected chi connectivity index (χ2v) is 3.50. The van der Waals surface area contributed by atoms with Gasteiger partial charge in [-0.2, -0.15) is 0 Å². The Morgan fingerprint density at radius 1 is 1.50 bits per heavy atom. The summed E-state index contributed by atoms with van der Waals surface area (Å²) in [4.78, 5) is 13.4. The van der Waals surface area contributed by atoms with Crippen LogP contribution in [0.1, 0.15) is 0 Å². The van der Waals surface area contributed by atoms with Gasteiger partial charge in [-0.05, 0) is 0 Å². The number of carbonyl (C=O) groups is 1. The Morgan fingerprint density at radius 3 is 3.17 bits per heavy atom. The molecule has 4 heteroatoms. The topological polar surface area (TPSA) is 41.6 Å². The maximum Gasteiger partial charge on any atom is 0.229 e. The number of likely N-dealkylation sites (N-methyl/N-ethyl adjacent to an activating group) is 1. The Labute approximate surface area is 71.9 Å². The van der Waals surface area contributed by atoms with E-state index in [1.54, 1.807) is 0 Å². The van der Waals surface area contributed by atoms with E-state index >= 15 is 0 Å². The van der Waals surface area contributed by atoms with Crippen molar-refractivity contribution in [3.63, 3.8) is 0 Å². The minimum absolute atomic E-state index is 0.0301. The lowest BCUT2D eigenvalue weighted by molar-refractivity contribution is -0.133. The molecule has 2 fully saturated rings. The average molecular weight is 170 g/mol. The van der Waals surface area contributed by atoms with Crippen molar-refractivity contribution in [2.45, 2.75) is 6.04 Å². The highest BCUT2D eigenvalue weighted by Crippen LogP contribution is 2.14. The van der Waals surface area contributed by atoms with Gasteiger partial charge in [-0.15, -0.1) is 0 Å². The highest BCUT2D eigenvalue weighted by molar-refractivity contribution is 5.79. The van der Waals surface area contributed by atoms with E-state index < -0.39 is 0 Å². The third kappa shape index (κ3) is 1.21. The molecule has 0 saturated carbocycles. The number of nitrogens with zero attached hydrogens (tertiary/aromatic N) is 1. The molecule has 2 saturated heterocycles. The number of ether oxygens (including phenoxy) is 1. The summed E-state index contributed by atoms with van der Waals surface area (Å²) >= 11 is 0. The van der Waals surface area contributed by atoms with Gasteiger partial charge < -0.3 is 15.0 Å². The minimum Gasteiger partial charge on any atom is -0.378 e. The fourth-order valence-corrected chi connectivity index (χ4v) is 1.76. The van der Waals surface area contributed by atoms with Crippen LogP contribution in [0, 0.1) is 5.92 Å². The van der Waals surface area contributed by atoms with Crippen molar-refractivity contribution in [3.05, 3.63) is 0 Å². The molecule has 12 heavy (non-hydrogen) atoms. The number of rotatable bonds is 0. The van der Waals surface area contributed by atoms with Crippen molar-refractivity contribution < 1.29 is 9.53 Å². The number of hydrogen-bond donors (Lipinski definition) is 1. The van der Waals surface area contributed by atoms with Gasteiger partial charge in [-0.25, -0.2) is 0 Å². The van der Waals surface area contributed by atoms with E-state index in [-0.39, 0.29) is 17.9 Å². The predicted molar refractivity (Wildman–Crippen MR) is 43.7 cm³/mol. The molecule has 4 nitrogen and oxygen atoms in total. The maximum absolute atomic E-state index is 11.6. The van der Waals surface area contributed by atoms with Crippen LogP contribution in [-0.4, -0.2) is 50.2 Å². The highest BCUT2D eigenvalue weighted by atomic mass is 16.5. The zero-order valence-electron chi connectivity index (χ0n) is 7.25. The summed E-state index contributed by atoms with van der Waals surface area (Å²) in [6.07, 6.45) is 0. The van der Waals surface area contributed by atoms with Crippen LogP contribution in [0.5, 0.6) is 0 Å². The highest BCUT2D eigenvalue weighted by Gasteiger charge is 2.33. The Kier molecular flexibility index (Phi) is 2.02. The van der Waals surface area contributed by atoms with Crippen LogP contribution in [0.15, 0.2) is 0 Å². The van der Waals surface area contributed by atoms with Crippen molar-refractivity contribution in [1.29, 1.82) is 0 Å². The fourth-order valence-electron chi connectivity index (χ4n) is 1.76. The van der Waals surface area contributed by atoms with E-state index in [9.17, 15) is 4.79 Å². The van der Waals surface area contributed by atoms with Crippen LogP contribution in [-0.2, 0) is 9.53 Å². The first kappa shape index (κ1) is 8.01. The lowest BCUT2D eigenvalue weighted by Crippen LogP contribution is -2.41. The number of carbonyl (C=O) groups excluding carboxylic acids is 1. The van der Waals surface area contributed by atoms with E-state index in [1.165, 1.54) is 0 Å². The van der Waals surface area contributed by atoms with Crippen LogP contribution in [0.25, 0.3) is 0 Å². The van der Waals surface area contributed by atoms with E-state index in [1.807, 2.05) is 11.9 Å². The lowest BCUT2D eigenvalue weighted by Gasteiger charge is -2.23. The molecule has 0 spiro atoms. The van der Waals surface area contributed by atoms with Crippen molar-refractivity contribution >= 4 is 5.91 Å². The monoisotopic (exact) mass is 170 g/mol. The Hall–Kier alpha value is -0.610. The van der Waals surface area contributed by atoms with Crippen molar-refractivity contribution in [2.75, 3.05) is 33.4 Å². The molecule has 0 aliphatic carbocycles. The van der Waals surface area contributed by atoms with Gasteiger partial charge >= 0.3 is 0 Å². The average Bonchev–Trinajstić information content (AvgIpc) is 2.19. The van der Waals surface area contributed by atoms with E-state index in [0.717, 1.165) is 13.1 Å². The van der Waals surface area contributed by atoms with Gasteiger partial charge in [0.15, 0.2) is 0 Å². The molecule has 2 rings (SSSR count). The zero-order chi connectivity index (χ0) is 8.55. The Morgan fingerprint density at radius 2 is 2.33 bits per heavy atom. The molecule has 2 bridgehead atoms. The van der Waals surface area contributed by atoms with Crippen LogP contribution in [0.4, 0.5) is 0 Å². The first-order valence-electron chi connectivity index (χ1n) is 4.34. The molecule has 0 aromatic carbocycles. The molecule has 2 aliphatic rings. The summed E-state index contributed by atoms with van der Waals surface area (Å²) in [5.74, 6) is 0.255. The molecule has 0 aromatic heterocycles. The number of nitrogens with one attached hydrogen (secondary N) is 1. The summed E-state index contributed by atoms with van der Waals surface area (Å²) in [6, 6.07) is 0.227. The molecule has 0 aromatic rings. The molecule has 0 unspecified atom stereocenters. The van der Waals surface area contributed by atoms with Gasteiger partial charge in [-0.1, -0.05) is 0 Å². The van der Waals surface area contributed by atoms with Crippen LogP contribution >= 0.6 is 0 Å². The molecule has 2 heterocycles. The standard InChI is InChI=1S/C8H14N2O2/c1-10-7-3-9-2-6(8(10)11)4-12-5-7/h6-7,9H,2-5H2,1H3/t6-,7-/m0/s1. The summed E-state index contributed by atoms with van der Waals surface area (Å²) in [6.45, 7) is 2.87. The van der Waals surface area contributed by atoms with Gasteiger partial charge in [0.2, 0.25) is 5.91 Å². The normalized spacial score (nSPS) is 36.4. The first-order valence-corrected chi connectivity index (χ1v) is 4.34. The molecule has 1 N–H and O–H groups in total. The number of fused-ring (bicyclic) bond motifs is 3. The minimum atomic E-state index is 0.0301. The van der Waals surface area contributed by atoms with Gasteiger partial charge in [-0.3, -0.25) is 4.79 Å².